The lowest BCUT2D eigenvalue weighted by Crippen LogP contribution is -2.27. The first-order valence-corrected chi connectivity index (χ1v) is 7.35. The molecule has 1 N–H and O–H groups in total. The van der Waals surface area contributed by atoms with Crippen LogP contribution in [0.4, 0.5) is 5.13 Å². The molecule has 20 heavy (non-hydrogen) atoms. The van der Waals surface area contributed by atoms with Crippen molar-refractivity contribution in [3.8, 4) is 0 Å². The van der Waals surface area contributed by atoms with Gasteiger partial charge in [-0.25, -0.2) is 9.78 Å². The van der Waals surface area contributed by atoms with E-state index < -0.39 is 5.97 Å². The van der Waals surface area contributed by atoms with Crippen LogP contribution < -0.4 is 4.90 Å². The Balaban J connectivity index is 2.13. The van der Waals surface area contributed by atoms with Gasteiger partial charge in [0.1, 0.15) is 4.88 Å². The van der Waals surface area contributed by atoms with Crippen LogP contribution in [0.3, 0.4) is 0 Å². The minimum absolute atomic E-state index is 0.132. The minimum atomic E-state index is -1.15. The molecule has 0 aromatic carbocycles. The molecule has 1 aliphatic heterocycles. The van der Waals surface area contributed by atoms with Gasteiger partial charge in [-0.3, -0.25) is 4.79 Å². The maximum Gasteiger partial charge on any atom is 0.356 e. The number of carbonyl (C=O) groups is 2. The number of hydrogen-bond donors (Lipinski definition) is 1. The van der Waals surface area contributed by atoms with Crippen LogP contribution in [0.15, 0.2) is 0 Å². The molecule has 1 aliphatic rings. The Labute approximate surface area is 122 Å². The van der Waals surface area contributed by atoms with Gasteiger partial charge in [-0.05, 0) is 25.9 Å². The Hall–Kier alpha value is -1.47. The second kappa shape index (κ2) is 5.88. The van der Waals surface area contributed by atoms with Crippen molar-refractivity contribution in [1.29, 1.82) is 0 Å². The zero-order chi connectivity index (χ0) is 14.9. The van der Waals surface area contributed by atoms with Crippen LogP contribution in [0, 0.1) is 5.92 Å². The van der Waals surface area contributed by atoms with E-state index in [1.54, 1.807) is 0 Å². The highest BCUT2D eigenvalue weighted by molar-refractivity contribution is 7.17. The molecule has 0 aliphatic carbocycles. The molecule has 0 bridgehead atoms. The van der Waals surface area contributed by atoms with Gasteiger partial charge < -0.3 is 14.9 Å². The molecule has 0 saturated carbocycles. The molecule has 0 amide bonds. The number of carboxylic acids is 1. The number of Topliss-reactive ketones (excluding diaryl/α,β-unsaturated/α-hetero) is 1. The fourth-order valence-electron chi connectivity index (χ4n) is 2.50. The fraction of sp³-hybridized carbons (Fsp3) is 0.615. The van der Waals surface area contributed by atoms with Crippen LogP contribution in [0.2, 0.25) is 0 Å². The predicted molar refractivity (Wildman–Crippen MR) is 78.0 cm³/mol. The van der Waals surface area contributed by atoms with Gasteiger partial charge >= 0.3 is 5.97 Å². The average molecular weight is 297 g/mol. The number of likely N-dealkylation sites (tertiary alicyclic amines) is 1. The third kappa shape index (κ3) is 3.16. The maximum atomic E-state index is 11.5. The van der Waals surface area contributed by atoms with Crippen LogP contribution in [-0.2, 0) is 0 Å². The summed E-state index contributed by atoms with van der Waals surface area (Å²) in [6, 6.07) is 0. The summed E-state index contributed by atoms with van der Waals surface area (Å²) >= 11 is 1.16. The smallest absolute Gasteiger partial charge is 0.356 e. The number of carbonyl (C=O) groups excluding carboxylic acids is 1. The normalized spacial score (nSPS) is 19.2. The molecule has 2 rings (SSSR count). The topological polar surface area (TPSA) is 73.7 Å². The highest BCUT2D eigenvalue weighted by Gasteiger charge is 2.25. The molecule has 1 atom stereocenters. The molecule has 1 saturated heterocycles. The first-order chi connectivity index (χ1) is 9.38. The van der Waals surface area contributed by atoms with E-state index in [1.165, 1.54) is 6.92 Å². The van der Waals surface area contributed by atoms with E-state index in [0.29, 0.717) is 11.0 Å². The lowest BCUT2D eigenvalue weighted by molar-refractivity contribution is 0.0687. The van der Waals surface area contributed by atoms with Gasteiger partial charge in [-0.15, -0.1) is 0 Å². The molecule has 0 spiro atoms. The SMILES string of the molecule is CC(=O)c1sc(N(C)CC2CCN(C)C2)nc1C(=O)O. The van der Waals surface area contributed by atoms with Gasteiger partial charge in [0.25, 0.3) is 0 Å². The second-order valence-electron chi connectivity index (χ2n) is 5.33. The Kier molecular flexibility index (Phi) is 4.39. The summed E-state index contributed by atoms with van der Waals surface area (Å²) < 4.78 is 0. The van der Waals surface area contributed by atoms with E-state index >= 15 is 0 Å². The fourth-order valence-corrected chi connectivity index (χ4v) is 3.42. The van der Waals surface area contributed by atoms with Gasteiger partial charge in [0.05, 0.1) is 0 Å². The van der Waals surface area contributed by atoms with Gasteiger partial charge in [-0.1, -0.05) is 11.3 Å². The molecule has 110 valence electrons. The van der Waals surface area contributed by atoms with Crippen LogP contribution >= 0.6 is 11.3 Å². The van der Waals surface area contributed by atoms with E-state index in [1.807, 2.05) is 11.9 Å². The van der Waals surface area contributed by atoms with Crippen molar-refractivity contribution in [3.63, 3.8) is 0 Å². The Morgan fingerprint density at radius 3 is 2.70 bits per heavy atom. The number of rotatable bonds is 5. The van der Waals surface area contributed by atoms with Crippen LogP contribution in [-0.4, -0.2) is 60.5 Å². The molecular formula is C13H19N3O3S. The van der Waals surface area contributed by atoms with Crippen LogP contribution in [0.1, 0.15) is 33.5 Å². The summed E-state index contributed by atoms with van der Waals surface area (Å²) in [6.07, 6.45) is 1.14. The van der Waals surface area contributed by atoms with E-state index in [0.717, 1.165) is 37.4 Å². The van der Waals surface area contributed by atoms with Crippen molar-refractivity contribution in [2.24, 2.45) is 5.92 Å². The Bertz CT molecular complexity index is 497. The third-order valence-corrected chi connectivity index (χ3v) is 4.76. The summed E-state index contributed by atoms with van der Waals surface area (Å²) in [5, 5.41) is 9.69. The van der Waals surface area contributed by atoms with Gasteiger partial charge in [0.15, 0.2) is 16.6 Å². The number of anilines is 1. The summed E-state index contributed by atoms with van der Waals surface area (Å²) in [5.74, 6) is -0.838. The lowest BCUT2D eigenvalue weighted by atomic mass is 10.1. The van der Waals surface area contributed by atoms with E-state index in [4.69, 9.17) is 5.11 Å². The molecule has 1 unspecified atom stereocenters. The number of aromatic carboxylic acids is 1. The van der Waals surface area contributed by atoms with Gasteiger partial charge in [-0.2, -0.15) is 0 Å². The number of hydrogen-bond acceptors (Lipinski definition) is 6. The number of thiazole rings is 1. The summed E-state index contributed by atoms with van der Waals surface area (Å²) in [6.45, 7) is 4.33. The standard InChI is InChI=1S/C13H19N3O3S/c1-8(17)11-10(12(18)19)14-13(20-11)16(3)7-9-4-5-15(2)6-9/h9H,4-7H2,1-3H3,(H,18,19). The Morgan fingerprint density at radius 2 is 2.25 bits per heavy atom. The molecule has 6 nitrogen and oxygen atoms in total. The monoisotopic (exact) mass is 297 g/mol. The number of ketones is 1. The summed E-state index contributed by atoms with van der Waals surface area (Å²) in [4.78, 5) is 31.2. The van der Waals surface area contributed by atoms with Crippen LogP contribution in [0.25, 0.3) is 0 Å². The van der Waals surface area contributed by atoms with Crippen molar-refractivity contribution in [2.75, 3.05) is 38.6 Å². The zero-order valence-electron chi connectivity index (χ0n) is 11.9. The van der Waals surface area contributed by atoms with Crippen LogP contribution in [0.5, 0.6) is 0 Å². The highest BCUT2D eigenvalue weighted by atomic mass is 32.1. The Morgan fingerprint density at radius 1 is 1.55 bits per heavy atom. The maximum absolute atomic E-state index is 11.5. The van der Waals surface area contributed by atoms with Crippen molar-refractivity contribution >= 4 is 28.2 Å². The first-order valence-electron chi connectivity index (χ1n) is 6.53. The predicted octanol–water partition coefficient (Wildman–Crippen LogP) is 1.43. The zero-order valence-corrected chi connectivity index (χ0v) is 12.7. The summed E-state index contributed by atoms with van der Waals surface area (Å²) in [7, 11) is 3.99. The highest BCUT2D eigenvalue weighted by Crippen LogP contribution is 2.27. The first kappa shape index (κ1) is 14.9. The molecule has 2 heterocycles. The second-order valence-corrected chi connectivity index (χ2v) is 6.31. The molecule has 1 fully saturated rings. The van der Waals surface area contributed by atoms with E-state index in [-0.39, 0.29) is 16.4 Å². The third-order valence-electron chi connectivity index (χ3n) is 3.49. The quantitative estimate of drug-likeness (QED) is 0.829. The van der Waals surface area contributed by atoms with Crippen molar-refractivity contribution in [1.82, 2.24) is 9.88 Å². The minimum Gasteiger partial charge on any atom is -0.476 e. The number of nitrogens with zero attached hydrogens (tertiary/aromatic N) is 3. The lowest BCUT2D eigenvalue weighted by Gasteiger charge is -2.20. The number of aromatic nitrogens is 1. The van der Waals surface area contributed by atoms with Crippen molar-refractivity contribution in [3.05, 3.63) is 10.6 Å². The average Bonchev–Trinajstić information content (AvgIpc) is 2.95. The van der Waals surface area contributed by atoms with E-state index in [9.17, 15) is 9.59 Å². The molecule has 7 heteroatoms. The molecule has 1 aromatic heterocycles. The molecule has 1 aromatic rings. The van der Waals surface area contributed by atoms with Crippen molar-refractivity contribution < 1.29 is 14.7 Å². The van der Waals surface area contributed by atoms with Gasteiger partial charge in [0.2, 0.25) is 0 Å². The van der Waals surface area contributed by atoms with Gasteiger partial charge in [0, 0.05) is 27.1 Å². The number of carboxylic acid groups (broad SMARTS) is 1. The van der Waals surface area contributed by atoms with Crippen molar-refractivity contribution in [2.45, 2.75) is 13.3 Å². The summed E-state index contributed by atoms with van der Waals surface area (Å²) in [5.41, 5.74) is -0.132. The largest absolute Gasteiger partial charge is 0.476 e. The molecule has 0 radical (unpaired) electrons. The van der Waals surface area contributed by atoms with E-state index in [2.05, 4.69) is 16.9 Å². The molecular weight excluding hydrogens is 278 g/mol.